The van der Waals surface area contributed by atoms with Crippen LogP contribution in [0.25, 0.3) is 0 Å². The van der Waals surface area contributed by atoms with Crippen molar-refractivity contribution in [1.29, 1.82) is 0 Å². The third-order valence-corrected chi connectivity index (χ3v) is 2.54. The van der Waals surface area contributed by atoms with Crippen LogP contribution in [0, 0.1) is 6.92 Å². The minimum atomic E-state index is -0.590. The average Bonchev–Trinajstić information content (AvgIpc) is 2.45. The highest BCUT2D eigenvalue weighted by atomic mass is 16.5. The lowest BCUT2D eigenvalue weighted by molar-refractivity contribution is -0.124. The second-order valence-corrected chi connectivity index (χ2v) is 4.12. The van der Waals surface area contributed by atoms with Crippen molar-refractivity contribution in [2.75, 3.05) is 34.0 Å². The molecule has 1 N–H and O–H groups in total. The van der Waals surface area contributed by atoms with E-state index in [1.165, 1.54) is 14.2 Å². The van der Waals surface area contributed by atoms with Gasteiger partial charge in [0.1, 0.15) is 11.3 Å². The minimum Gasteiger partial charge on any atom is -0.496 e. The van der Waals surface area contributed by atoms with Crippen LogP contribution in [0.15, 0.2) is 18.2 Å². The second-order valence-electron chi connectivity index (χ2n) is 4.12. The molecule has 0 unspecified atom stereocenters. The molecular formula is C14H19NO5. The molecule has 1 rings (SSSR count). The van der Waals surface area contributed by atoms with E-state index in [9.17, 15) is 9.59 Å². The number of aryl methyl sites for hydroxylation is 1. The molecule has 1 amide bonds. The zero-order valence-electron chi connectivity index (χ0n) is 11.9. The summed E-state index contributed by atoms with van der Waals surface area (Å²) < 4.78 is 14.8. The maximum absolute atomic E-state index is 11.9. The van der Waals surface area contributed by atoms with Gasteiger partial charge in [-0.3, -0.25) is 4.79 Å². The first-order chi connectivity index (χ1) is 9.58. The largest absolute Gasteiger partial charge is 0.496 e. The van der Waals surface area contributed by atoms with Crippen LogP contribution in [0.3, 0.4) is 0 Å². The lowest BCUT2D eigenvalue weighted by Gasteiger charge is -2.09. The number of esters is 1. The molecule has 0 aliphatic carbocycles. The molecule has 0 saturated heterocycles. The summed E-state index contributed by atoms with van der Waals surface area (Å²) in [7, 11) is 3.01. The molecule has 110 valence electrons. The summed E-state index contributed by atoms with van der Waals surface area (Å²) >= 11 is 0. The summed E-state index contributed by atoms with van der Waals surface area (Å²) in [6.07, 6.45) is 0. The number of hydrogen-bond donors (Lipinski definition) is 1. The first kappa shape index (κ1) is 16.0. The Kier molecular flexibility index (Phi) is 6.52. The molecule has 20 heavy (non-hydrogen) atoms. The van der Waals surface area contributed by atoms with Crippen LogP contribution < -0.4 is 10.1 Å². The Morgan fingerprint density at radius 3 is 2.65 bits per heavy atom. The van der Waals surface area contributed by atoms with Crippen molar-refractivity contribution >= 4 is 11.9 Å². The maximum atomic E-state index is 11.9. The first-order valence-electron chi connectivity index (χ1n) is 6.16. The molecule has 1 aromatic carbocycles. The smallest absolute Gasteiger partial charge is 0.342 e. The first-order valence-corrected chi connectivity index (χ1v) is 6.16. The van der Waals surface area contributed by atoms with Crippen LogP contribution in [0.2, 0.25) is 0 Å². The van der Waals surface area contributed by atoms with Gasteiger partial charge in [-0.2, -0.15) is 0 Å². The molecule has 0 saturated carbocycles. The van der Waals surface area contributed by atoms with E-state index in [1.54, 1.807) is 12.1 Å². The predicted octanol–water partition coefficient (Wildman–Crippen LogP) is 0.923. The molecule has 0 atom stereocenters. The molecule has 0 radical (unpaired) electrons. The highest BCUT2D eigenvalue weighted by Gasteiger charge is 2.15. The van der Waals surface area contributed by atoms with Crippen LogP contribution in [0.4, 0.5) is 0 Å². The number of amides is 1. The molecular weight excluding hydrogens is 262 g/mol. The molecule has 0 aliphatic rings. The Hall–Kier alpha value is -2.08. The number of carbonyl (C=O) groups is 2. The average molecular weight is 281 g/mol. The van der Waals surface area contributed by atoms with Gasteiger partial charge in [0.05, 0.1) is 13.7 Å². The molecule has 0 aromatic heterocycles. The Balaban J connectivity index is 2.54. The molecule has 0 fully saturated rings. The summed E-state index contributed by atoms with van der Waals surface area (Å²) in [6.45, 7) is 2.30. The van der Waals surface area contributed by atoms with Gasteiger partial charge in [0.2, 0.25) is 0 Å². The van der Waals surface area contributed by atoms with Gasteiger partial charge in [-0.1, -0.05) is 11.6 Å². The molecule has 0 aliphatic heterocycles. The molecule has 6 heteroatoms. The predicted molar refractivity (Wildman–Crippen MR) is 72.9 cm³/mol. The van der Waals surface area contributed by atoms with Gasteiger partial charge in [-0.25, -0.2) is 4.79 Å². The Bertz CT molecular complexity index is 473. The molecule has 6 nitrogen and oxygen atoms in total. The van der Waals surface area contributed by atoms with Crippen LogP contribution in [0.5, 0.6) is 5.75 Å². The van der Waals surface area contributed by atoms with Gasteiger partial charge in [-0.15, -0.1) is 0 Å². The second kappa shape index (κ2) is 8.16. The van der Waals surface area contributed by atoms with Gasteiger partial charge >= 0.3 is 5.97 Å². The van der Waals surface area contributed by atoms with Crippen LogP contribution >= 0.6 is 0 Å². The Labute approximate surface area is 118 Å². The van der Waals surface area contributed by atoms with E-state index >= 15 is 0 Å². The van der Waals surface area contributed by atoms with Crippen molar-refractivity contribution in [2.24, 2.45) is 0 Å². The zero-order chi connectivity index (χ0) is 15.0. The van der Waals surface area contributed by atoms with Crippen LogP contribution in [-0.2, 0) is 14.3 Å². The van der Waals surface area contributed by atoms with Crippen LogP contribution in [0.1, 0.15) is 15.9 Å². The van der Waals surface area contributed by atoms with Crippen molar-refractivity contribution < 1.29 is 23.8 Å². The summed E-state index contributed by atoms with van der Waals surface area (Å²) in [5.41, 5.74) is 1.21. The zero-order valence-corrected chi connectivity index (χ0v) is 11.9. The number of methoxy groups -OCH3 is 2. The van der Waals surface area contributed by atoms with E-state index in [4.69, 9.17) is 14.2 Å². The number of hydrogen-bond acceptors (Lipinski definition) is 5. The summed E-state index contributed by atoms with van der Waals surface area (Å²) in [5.74, 6) is -0.546. The van der Waals surface area contributed by atoms with E-state index in [1.807, 2.05) is 13.0 Å². The molecule has 0 heterocycles. The van der Waals surface area contributed by atoms with E-state index < -0.39 is 5.97 Å². The monoisotopic (exact) mass is 281 g/mol. The third kappa shape index (κ3) is 4.89. The normalized spacial score (nSPS) is 9.95. The number of carbonyl (C=O) groups excluding carboxylic acids is 2. The van der Waals surface area contributed by atoms with E-state index in [0.29, 0.717) is 24.5 Å². The standard InChI is InChI=1S/C14H19NO5/c1-10-4-5-12(19-3)11(8-10)14(17)20-9-13(16)15-6-7-18-2/h4-5,8H,6-7,9H2,1-3H3,(H,15,16). The van der Waals surface area contributed by atoms with Crippen molar-refractivity contribution in [2.45, 2.75) is 6.92 Å². The van der Waals surface area contributed by atoms with Crippen LogP contribution in [-0.4, -0.2) is 45.9 Å². The number of rotatable bonds is 7. The minimum absolute atomic E-state index is 0.303. The van der Waals surface area contributed by atoms with Crippen molar-refractivity contribution in [3.63, 3.8) is 0 Å². The topological polar surface area (TPSA) is 73.9 Å². The van der Waals surface area contributed by atoms with Gasteiger partial charge in [-0.05, 0) is 19.1 Å². The fourth-order valence-corrected chi connectivity index (χ4v) is 1.53. The SMILES string of the molecule is COCCNC(=O)COC(=O)c1cc(C)ccc1OC. The quantitative estimate of drug-likeness (QED) is 0.594. The molecule has 0 spiro atoms. The third-order valence-electron chi connectivity index (χ3n) is 2.54. The highest BCUT2D eigenvalue weighted by Crippen LogP contribution is 2.20. The fourth-order valence-electron chi connectivity index (χ4n) is 1.53. The number of nitrogens with one attached hydrogen (secondary N) is 1. The van der Waals surface area contributed by atoms with E-state index in [2.05, 4.69) is 5.32 Å². The Morgan fingerprint density at radius 2 is 2.00 bits per heavy atom. The molecule has 0 bridgehead atoms. The maximum Gasteiger partial charge on any atom is 0.342 e. The summed E-state index contributed by atoms with van der Waals surface area (Å²) in [6, 6.07) is 5.17. The Morgan fingerprint density at radius 1 is 1.25 bits per heavy atom. The van der Waals surface area contributed by atoms with E-state index in [-0.39, 0.29) is 12.5 Å². The summed E-state index contributed by atoms with van der Waals surface area (Å²) in [5, 5.41) is 2.56. The fraction of sp³-hybridized carbons (Fsp3) is 0.429. The van der Waals surface area contributed by atoms with Gasteiger partial charge in [0, 0.05) is 13.7 Å². The van der Waals surface area contributed by atoms with E-state index in [0.717, 1.165) is 5.56 Å². The van der Waals surface area contributed by atoms with Crippen molar-refractivity contribution in [3.8, 4) is 5.75 Å². The van der Waals surface area contributed by atoms with Gasteiger partial charge < -0.3 is 19.5 Å². The summed E-state index contributed by atoms with van der Waals surface area (Å²) in [4.78, 5) is 23.3. The van der Waals surface area contributed by atoms with Crippen molar-refractivity contribution in [3.05, 3.63) is 29.3 Å². The molecule has 1 aromatic rings. The van der Waals surface area contributed by atoms with Gasteiger partial charge in [0.15, 0.2) is 6.61 Å². The highest BCUT2D eigenvalue weighted by molar-refractivity contribution is 5.94. The number of ether oxygens (including phenoxy) is 3. The lowest BCUT2D eigenvalue weighted by atomic mass is 10.1. The lowest BCUT2D eigenvalue weighted by Crippen LogP contribution is -2.31. The number of benzene rings is 1. The van der Waals surface area contributed by atoms with Crippen molar-refractivity contribution in [1.82, 2.24) is 5.32 Å². The van der Waals surface area contributed by atoms with Gasteiger partial charge in [0.25, 0.3) is 5.91 Å².